The molecule has 0 radical (unpaired) electrons. The number of rotatable bonds is 3. The summed E-state index contributed by atoms with van der Waals surface area (Å²) in [5, 5.41) is 0. The Morgan fingerprint density at radius 2 is 2.33 bits per heavy atom. The van der Waals surface area contributed by atoms with E-state index in [4.69, 9.17) is 10.5 Å². The van der Waals surface area contributed by atoms with Gasteiger partial charge in [0.05, 0.1) is 6.61 Å². The first-order valence-electron chi connectivity index (χ1n) is 6.19. The molecule has 98 valence electrons. The van der Waals surface area contributed by atoms with E-state index in [1.54, 1.807) is 11.9 Å². The standard InChI is InChI=1S/C14H20N2O2/c1-11-4-3-5-12(8-11)9-16(2)13(17)14(15)6-7-18-10-14/h3-5,8H,6-7,9-10,15H2,1-2H3. The molecule has 4 heteroatoms. The molecule has 1 aromatic rings. The van der Waals surface area contributed by atoms with Crippen LogP contribution in [-0.4, -0.2) is 36.6 Å². The highest BCUT2D eigenvalue weighted by Gasteiger charge is 2.40. The first-order chi connectivity index (χ1) is 8.51. The summed E-state index contributed by atoms with van der Waals surface area (Å²) < 4.78 is 5.23. The highest BCUT2D eigenvalue weighted by molar-refractivity contribution is 5.86. The van der Waals surface area contributed by atoms with Gasteiger partial charge in [0.15, 0.2) is 0 Å². The smallest absolute Gasteiger partial charge is 0.245 e. The second kappa shape index (κ2) is 5.08. The summed E-state index contributed by atoms with van der Waals surface area (Å²) in [4.78, 5) is 14.0. The van der Waals surface area contributed by atoms with Crippen molar-refractivity contribution in [3.8, 4) is 0 Å². The average molecular weight is 248 g/mol. The van der Waals surface area contributed by atoms with Crippen molar-refractivity contribution in [1.29, 1.82) is 0 Å². The molecule has 1 fully saturated rings. The minimum Gasteiger partial charge on any atom is -0.379 e. The van der Waals surface area contributed by atoms with Crippen molar-refractivity contribution in [2.75, 3.05) is 20.3 Å². The van der Waals surface area contributed by atoms with Crippen LogP contribution in [-0.2, 0) is 16.1 Å². The number of hydrogen-bond donors (Lipinski definition) is 1. The van der Waals surface area contributed by atoms with Gasteiger partial charge < -0.3 is 15.4 Å². The average Bonchev–Trinajstić information content (AvgIpc) is 2.76. The molecule has 0 bridgehead atoms. The summed E-state index contributed by atoms with van der Waals surface area (Å²) in [6.07, 6.45) is 0.601. The number of nitrogens with zero attached hydrogens (tertiary/aromatic N) is 1. The van der Waals surface area contributed by atoms with Gasteiger partial charge >= 0.3 is 0 Å². The topological polar surface area (TPSA) is 55.6 Å². The minimum atomic E-state index is -0.835. The van der Waals surface area contributed by atoms with Gasteiger partial charge in [-0.05, 0) is 18.9 Å². The lowest BCUT2D eigenvalue weighted by Gasteiger charge is -2.27. The monoisotopic (exact) mass is 248 g/mol. The molecular weight excluding hydrogens is 228 g/mol. The van der Waals surface area contributed by atoms with Gasteiger partial charge in [0.1, 0.15) is 5.54 Å². The van der Waals surface area contributed by atoms with Crippen LogP contribution in [0.1, 0.15) is 17.5 Å². The zero-order valence-corrected chi connectivity index (χ0v) is 11.0. The Hall–Kier alpha value is -1.39. The predicted molar refractivity (Wildman–Crippen MR) is 70.0 cm³/mol. The van der Waals surface area contributed by atoms with Crippen molar-refractivity contribution in [2.24, 2.45) is 5.73 Å². The SMILES string of the molecule is Cc1cccc(CN(C)C(=O)C2(N)CCOC2)c1. The molecule has 2 rings (SSSR count). The fourth-order valence-corrected chi connectivity index (χ4v) is 2.29. The van der Waals surface area contributed by atoms with Gasteiger partial charge in [-0.25, -0.2) is 0 Å². The van der Waals surface area contributed by atoms with Crippen LogP contribution in [0, 0.1) is 6.92 Å². The zero-order valence-electron chi connectivity index (χ0n) is 11.0. The Kier molecular flexibility index (Phi) is 3.68. The van der Waals surface area contributed by atoms with Gasteiger partial charge in [-0.3, -0.25) is 4.79 Å². The Morgan fingerprint density at radius 1 is 1.56 bits per heavy atom. The van der Waals surface area contributed by atoms with Crippen molar-refractivity contribution in [3.63, 3.8) is 0 Å². The van der Waals surface area contributed by atoms with E-state index in [0.717, 1.165) is 5.56 Å². The number of likely N-dealkylation sites (N-methyl/N-ethyl adjacent to an activating group) is 1. The maximum atomic E-state index is 12.3. The molecule has 0 aliphatic carbocycles. The van der Waals surface area contributed by atoms with Crippen LogP contribution in [0.25, 0.3) is 0 Å². The van der Waals surface area contributed by atoms with E-state index in [0.29, 0.717) is 26.2 Å². The molecule has 18 heavy (non-hydrogen) atoms. The largest absolute Gasteiger partial charge is 0.379 e. The van der Waals surface area contributed by atoms with Crippen molar-refractivity contribution in [2.45, 2.75) is 25.4 Å². The van der Waals surface area contributed by atoms with Crippen LogP contribution in [0.3, 0.4) is 0 Å². The Labute approximate surface area is 108 Å². The van der Waals surface area contributed by atoms with Gasteiger partial charge in [-0.2, -0.15) is 0 Å². The Bertz CT molecular complexity index is 439. The zero-order chi connectivity index (χ0) is 13.2. The molecule has 1 saturated heterocycles. The molecule has 1 unspecified atom stereocenters. The summed E-state index contributed by atoms with van der Waals surface area (Å²) in [5.74, 6) is -0.0403. The third-order valence-electron chi connectivity index (χ3n) is 3.33. The maximum absolute atomic E-state index is 12.3. The third-order valence-corrected chi connectivity index (χ3v) is 3.33. The normalized spacial score (nSPS) is 23.1. The minimum absolute atomic E-state index is 0.0403. The Morgan fingerprint density at radius 3 is 2.94 bits per heavy atom. The predicted octanol–water partition coefficient (Wildman–Crippen LogP) is 1.07. The molecule has 0 aromatic heterocycles. The molecule has 1 aromatic carbocycles. The number of benzene rings is 1. The summed E-state index contributed by atoms with van der Waals surface area (Å²) >= 11 is 0. The summed E-state index contributed by atoms with van der Waals surface area (Å²) in [7, 11) is 1.79. The number of amides is 1. The molecule has 1 amide bonds. The van der Waals surface area contributed by atoms with E-state index in [2.05, 4.69) is 6.07 Å². The number of carbonyl (C=O) groups is 1. The van der Waals surface area contributed by atoms with Crippen molar-refractivity contribution >= 4 is 5.91 Å². The Balaban J connectivity index is 2.03. The number of nitrogens with two attached hydrogens (primary N) is 1. The molecule has 2 N–H and O–H groups in total. The highest BCUT2D eigenvalue weighted by atomic mass is 16.5. The molecule has 0 saturated carbocycles. The van der Waals surface area contributed by atoms with E-state index >= 15 is 0 Å². The van der Waals surface area contributed by atoms with E-state index in [1.165, 1.54) is 5.56 Å². The van der Waals surface area contributed by atoms with Crippen LogP contribution in [0.2, 0.25) is 0 Å². The van der Waals surface area contributed by atoms with Gasteiger partial charge in [-0.15, -0.1) is 0 Å². The van der Waals surface area contributed by atoms with Crippen LogP contribution < -0.4 is 5.73 Å². The van der Waals surface area contributed by atoms with Crippen molar-refractivity contribution in [1.82, 2.24) is 4.90 Å². The highest BCUT2D eigenvalue weighted by Crippen LogP contribution is 2.19. The molecule has 1 aliphatic rings. The lowest BCUT2D eigenvalue weighted by Crippen LogP contribution is -2.54. The molecule has 1 atom stereocenters. The summed E-state index contributed by atoms with van der Waals surface area (Å²) in [5.41, 5.74) is 7.55. The molecule has 1 heterocycles. The van der Waals surface area contributed by atoms with Gasteiger partial charge in [0.2, 0.25) is 5.91 Å². The number of aryl methyl sites for hydroxylation is 1. The maximum Gasteiger partial charge on any atom is 0.245 e. The van der Waals surface area contributed by atoms with Crippen molar-refractivity contribution in [3.05, 3.63) is 35.4 Å². The van der Waals surface area contributed by atoms with Crippen molar-refractivity contribution < 1.29 is 9.53 Å². The number of carbonyl (C=O) groups excluding carboxylic acids is 1. The molecule has 0 spiro atoms. The van der Waals surface area contributed by atoms with Gasteiger partial charge in [-0.1, -0.05) is 29.8 Å². The van der Waals surface area contributed by atoms with E-state index in [1.807, 2.05) is 25.1 Å². The second-order valence-electron chi connectivity index (χ2n) is 5.11. The van der Waals surface area contributed by atoms with E-state index < -0.39 is 5.54 Å². The van der Waals surface area contributed by atoms with Gasteiger partial charge in [0, 0.05) is 20.2 Å². The fraction of sp³-hybridized carbons (Fsp3) is 0.500. The quantitative estimate of drug-likeness (QED) is 0.870. The molecule has 1 aliphatic heterocycles. The second-order valence-corrected chi connectivity index (χ2v) is 5.11. The first kappa shape index (κ1) is 13.1. The lowest BCUT2D eigenvalue weighted by molar-refractivity contribution is -0.136. The number of ether oxygens (including phenoxy) is 1. The van der Waals surface area contributed by atoms with Gasteiger partial charge in [0.25, 0.3) is 0 Å². The van der Waals surface area contributed by atoms with Crippen LogP contribution in [0.4, 0.5) is 0 Å². The molecule has 4 nitrogen and oxygen atoms in total. The first-order valence-corrected chi connectivity index (χ1v) is 6.19. The van der Waals surface area contributed by atoms with Crippen LogP contribution >= 0.6 is 0 Å². The lowest BCUT2D eigenvalue weighted by atomic mass is 9.98. The van der Waals surface area contributed by atoms with Crippen LogP contribution in [0.15, 0.2) is 24.3 Å². The third kappa shape index (κ3) is 2.71. The van der Waals surface area contributed by atoms with E-state index in [-0.39, 0.29) is 5.91 Å². The molecular formula is C14H20N2O2. The summed E-state index contributed by atoms with van der Waals surface area (Å²) in [6.45, 7) is 3.52. The number of hydrogen-bond acceptors (Lipinski definition) is 3. The van der Waals surface area contributed by atoms with E-state index in [9.17, 15) is 4.79 Å². The van der Waals surface area contributed by atoms with Crippen LogP contribution in [0.5, 0.6) is 0 Å². The fourth-order valence-electron chi connectivity index (χ4n) is 2.29. The summed E-state index contributed by atoms with van der Waals surface area (Å²) in [6, 6.07) is 8.14.